The Morgan fingerprint density at radius 1 is 1.19 bits per heavy atom. The van der Waals surface area contributed by atoms with Crippen molar-refractivity contribution >= 4 is 16.9 Å². The van der Waals surface area contributed by atoms with Crippen LogP contribution in [0.3, 0.4) is 0 Å². The van der Waals surface area contributed by atoms with E-state index in [2.05, 4.69) is 4.74 Å². The molecule has 1 aromatic heterocycles. The summed E-state index contributed by atoms with van der Waals surface area (Å²) < 4.78 is 22.2. The third-order valence-electron chi connectivity index (χ3n) is 5.20. The summed E-state index contributed by atoms with van der Waals surface area (Å²) in [5.41, 5.74) is 2.54. The molecule has 0 radical (unpaired) electrons. The van der Waals surface area contributed by atoms with Crippen molar-refractivity contribution in [3.8, 4) is 11.5 Å². The first-order valence-corrected chi connectivity index (χ1v) is 8.93. The Bertz CT molecular complexity index is 953. The number of carbonyl (C=O) groups is 1. The lowest BCUT2D eigenvalue weighted by Crippen LogP contribution is -2.32. The molecule has 6 heteroatoms. The van der Waals surface area contributed by atoms with Crippen molar-refractivity contribution in [1.82, 2.24) is 0 Å². The smallest absolute Gasteiger partial charge is 0.343 e. The van der Waals surface area contributed by atoms with E-state index in [0.29, 0.717) is 23.5 Å². The normalized spacial score (nSPS) is 17.3. The maximum absolute atomic E-state index is 12.4. The second-order valence-corrected chi connectivity index (χ2v) is 7.48. The zero-order valence-electron chi connectivity index (χ0n) is 15.3. The molecule has 1 aromatic carbocycles. The minimum atomic E-state index is -0.467. The average molecular weight is 358 g/mol. The Hall–Kier alpha value is -2.50. The standard InChI is InChI=1S/C20H22O6/c1-20(2)8-7-13-14(26-20)9-15(24-10-16(21)23-3)17-11-5-4-6-12(11)19(22)25-18(13)17/h9H,4-8,10H2,1-3H3. The number of rotatable bonds is 3. The van der Waals surface area contributed by atoms with E-state index in [9.17, 15) is 9.59 Å². The molecule has 0 spiro atoms. The molecule has 4 rings (SSSR count). The lowest BCUT2D eigenvalue weighted by atomic mass is 9.91. The van der Waals surface area contributed by atoms with E-state index in [-0.39, 0.29) is 17.8 Å². The molecule has 2 aliphatic rings. The minimum absolute atomic E-state index is 0.207. The van der Waals surface area contributed by atoms with Crippen LogP contribution >= 0.6 is 0 Å². The summed E-state index contributed by atoms with van der Waals surface area (Å²) in [6, 6.07) is 1.82. The van der Waals surface area contributed by atoms with E-state index in [1.54, 1.807) is 0 Å². The number of methoxy groups -OCH3 is 1. The van der Waals surface area contributed by atoms with Crippen molar-refractivity contribution in [2.45, 2.75) is 51.6 Å². The fourth-order valence-corrected chi connectivity index (χ4v) is 3.86. The molecule has 26 heavy (non-hydrogen) atoms. The van der Waals surface area contributed by atoms with E-state index >= 15 is 0 Å². The van der Waals surface area contributed by atoms with Gasteiger partial charge in [0.2, 0.25) is 0 Å². The van der Waals surface area contributed by atoms with Crippen LogP contribution in [0, 0.1) is 0 Å². The van der Waals surface area contributed by atoms with Crippen LogP contribution in [-0.4, -0.2) is 25.3 Å². The monoisotopic (exact) mass is 358 g/mol. The van der Waals surface area contributed by atoms with Crippen LogP contribution in [0.15, 0.2) is 15.3 Å². The van der Waals surface area contributed by atoms with Gasteiger partial charge in [0.25, 0.3) is 0 Å². The van der Waals surface area contributed by atoms with Gasteiger partial charge in [0.05, 0.1) is 12.5 Å². The third kappa shape index (κ3) is 2.73. The highest BCUT2D eigenvalue weighted by molar-refractivity contribution is 5.92. The number of ether oxygens (including phenoxy) is 3. The van der Waals surface area contributed by atoms with Crippen molar-refractivity contribution in [1.29, 1.82) is 0 Å². The summed E-state index contributed by atoms with van der Waals surface area (Å²) in [6.45, 7) is 3.84. The fourth-order valence-electron chi connectivity index (χ4n) is 3.86. The highest BCUT2D eigenvalue weighted by Crippen LogP contribution is 2.44. The van der Waals surface area contributed by atoms with Gasteiger partial charge in [0.15, 0.2) is 6.61 Å². The van der Waals surface area contributed by atoms with Gasteiger partial charge in [-0.25, -0.2) is 9.59 Å². The maximum atomic E-state index is 12.4. The first kappa shape index (κ1) is 16.9. The van der Waals surface area contributed by atoms with Gasteiger partial charge in [-0.3, -0.25) is 0 Å². The Morgan fingerprint density at radius 3 is 2.73 bits per heavy atom. The van der Waals surface area contributed by atoms with Crippen molar-refractivity contribution in [2.75, 3.05) is 13.7 Å². The molecule has 138 valence electrons. The van der Waals surface area contributed by atoms with Crippen LogP contribution in [0.5, 0.6) is 11.5 Å². The van der Waals surface area contributed by atoms with Gasteiger partial charge in [0, 0.05) is 17.2 Å². The molecule has 2 aromatic rings. The zero-order valence-corrected chi connectivity index (χ0v) is 15.3. The fraction of sp³-hybridized carbons (Fsp3) is 0.500. The molecule has 0 N–H and O–H groups in total. The molecule has 2 heterocycles. The average Bonchev–Trinajstić information content (AvgIpc) is 3.08. The highest BCUT2D eigenvalue weighted by atomic mass is 16.6. The summed E-state index contributed by atoms with van der Waals surface area (Å²) in [5, 5.41) is 0.794. The summed E-state index contributed by atoms with van der Waals surface area (Å²) in [6.07, 6.45) is 4.02. The predicted octanol–water partition coefficient (Wildman–Crippen LogP) is 2.94. The number of hydrogen-bond acceptors (Lipinski definition) is 6. The molecule has 0 fully saturated rings. The topological polar surface area (TPSA) is 75.0 Å². The molecule has 0 amide bonds. The van der Waals surface area contributed by atoms with E-state index < -0.39 is 5.97 Å². The van der Waals surface area contributed by atoms with Crippen molar-refractivity contribution in [2.24, 2.45) is 0 Å². The van der Waals surface area contributed by atoms with Crippen LogP contribution in [0.2, 0.25) is 0 Å². The summed E-state index contributed by atoms with van der Waals surface area (Å²) in [5.74, 6) is 0.685. The van der Waals surface area contributed by atoms with Crippen molar-refractivity contribution < 1.29 is 23.4 Å². The predicted molar refractivity (Wildman–Crippen MR) is 95.0 cm³/mol. The largest absolute Gasteiger partial charge is 0.487 e. The van der Waals surface area contributed by atoms with Gasteiger partial charge in [-0.05, 0) is 51.5 Å². The van der Waals surface area contributed by atoms with Gasteiger partial charge in [-0.15, -0.1) is 0 Å². The number of fused-ring (bicyclic) bond motifs is 5. The number of aryl methyl sites for hydroxylation is 2. The van der Waals surface area contributed by atoms with Crippen LogP contribution in [-0.2, 0) is 28.8 Å². The maximum Gasteiger partial charge on any atom is 0.343 e. The molecule has 0 saturated carbocycles. The molecule has 1 aliphatic carbocycles. The molecule has 1 aliphatic heterocycles. The van der Waals surface area contributed by atoms with Crippen LogP contribution in [0.25, 0.3) is 11.0 Å². The zero-order chi connectivity index (χ0) is 18.5. The van der Waals surface area contributed by atoms with E-state index in [4.69, 9.17) is 13.9 Å². The second-order valence-electron chi connectivity index (χ2n) is 7.48. The molecular weight excluding hydrogens is 336 g/mol. The number of carbonyl (C=O) groups excluding carboxylic acids is 1. The van der Waals surface area contributed by atoms with Gasteiger partial charge >= 0.3 is 11.6 Å². The third-order valence-corrected chi connectivity index (χ3v) is 5.20. The van der Waals surface area contributed by atoms with Crippen LogP contribution in [0.4, 0.5) is 0 Å². The number of benzene rings is 1. The molecule has 0 bridgehead atoms. The molecule has 0 atom stereocenters. The van der Waals surface area contributed by atoms with Gasteiger partial charge in [-0.2, -0.15) is 0 Å². The van der Waals surface area contributed by atoms with Gasteiger partial charge in [-0.1, -0.05) is 0 Å². The summed E-state index contributed by atoms with van der Waals surface area (Å²) in [7, 11) is 1.32. The second kappa shape index (κ2) is 6.04. The van der Waals surface area contributed by atoms with Crippen LogP contribution < -0.4 is 15.1 Å². The first-order chi connectivity index (χ1) is 12.4. The van der Waals surface area contributed by atoms with E-state index in [1.807, 2.05) is 19.9 Å². The van der Waals surface area contributed by atoms with Crippen molar-refractivity contribution in [3.05, 3.63) is 33.2 Å². The van der Waals surface area contributed by atoms with Gasteiger partial charge in [0.1, 0.15) is 22.7 Å². The Balaban J connectivity index is 1.94. The lowest BCUT2D eigenvalue weighted by Gasteiger charge is -2.33. The van der Waals surface area contributed by atoms with E-state index in [1.165, 1.54) is 7.11 Å². The minimum Gasteiger partial charge on any atom is -0.487 e. The summed E-state index contributed by atoms with van der Waals surface area (Å²) in [4.78, 5) is 24.0. The van der Waals surface area contributed by atoms with Gasteiger partial charge < -0.3 is 18.6 Å². The summed E-state index contributed by atoms with van der Waals surface area (Å²) >= 11 is 0. The molecule has 6 nitrogen and oxygen atoms in total. The molecule has 0 unspecified atom stereocenters. The number of esters is 1. The quantitative estimate of drug-likeness (QED) is 0.620. The molecule has 0 saturated heterocycles. The molecular formula is C20H22O6. The highest BCUT2D eigenvalue weighted by Gasteiger charge is 2.32. The lowest BCUT2D eigenvalue weighted by molar-refractivity contribution is -0.142. The first-order valence-electron chi connectivity index (χ1n) is 8.93. The Kier molecular flexibility index (Phi) is 3.93. The van der Waals surface area contributed by atoms with Crippen molar-refractivity contribution in [3.63, 3.8) is 0 Å². The SMILES string of the molecule is COC(=O)COc1cc2c(c3oc(=O)c4c(c13)CCC4)CCC(C)(C)O2. The Labute approximate surface area is 151 Å². The Morgan fingerprint density at radius 2 is 1.96 bits per heavy atom. The van der Waals surface area contributed by atoms with Crippen LogP contribution in [0.1, 0.15) is 43.4 Å². The van der Waals surface area contributed by atoms with E-state index in [0.717, 1.165) is 47.8 Å². The number of hydrogen-bond donors (Lipinski definition) is 0.